The number of rotatable bonds is 6. The molecule has 0 radical (unpaired) electrons. The first-order chi connectivity index (χ1) is 15.7. The number of anilines is 1. The smallest absolute Gasteiger partial charge is 0.410 e. The molecule has 1 aromatic rings. The van der Waals surface area contributed by atoms with Crippen molar-refractivity contribution in [3.05, 3.63) is 22.9 Å². The van der Waals surface area contributed by atoms with Crippen LogP contribution >= 0.6 is 0 Å². The lowest BCUT2D eigenvalue weighted by atomic mass is 9.66. The first-order valence-corrected chi connectivity index (χ1v) is 14.5. The van der Waals surface area contributed by atoms with E-state index in [0.29, 0.717) is 24.6 Å². The molecule has 1 unspecified atom stereocenters. The molecule has 3 rings (SSSR count). The molecule has 0 saturated carbocycles. The molecule has 0 bridgehead atoms. The number of carbonyl (C=O) groups excluding carboxylic acids is 2. The Hall–Kier alpha value is -1.93. The lowest BCUT2D eigenvalue weighted by Crippen LogP contribution is -2.58. The normalized spacial score (nSPS) is 22.7. The monoisotopic (exact) mass is 489 g/mol. The molecular formula is C26H43N3O4Si. The van der Waals surface area contributed by atoms with Gasteiger partial charge in [-0.15, -0.1) is 0 Å². The van der Waals surface area contributed by atoms with Crippen LogP contribution < -0.4 is 4.90 Å². The molecule has 1 amide bonds. The highest BCUT2D eigenvalue weighted by Crippen LogP contribution is 2.49. The van der Waals surface area contributed by atoms with Gasteiger partial charge in [0.25, 0.3) is 0 Å². The molecule has 3 atom stereocenters. The van der Waals surface area contributed by atoms with Crippen LogP contribution in [0.25, 0.3) is 0 Å². The van der Waals surface area contributed by atoms with Crippen LogP contribution in [0, 0.1) is 11.3 Å². The highest BCUT2D eigenvalue weighted by atomic mass is 28.2. The van der Waals surface area contributed by atoms with Gasteiger partial charge in [0.2, 0.25) is 0 Å². The van der Waals surface area contributed by atoms with Crippen LogP contribution in [0.4, 0.5) is 10.6 Å². The molecule has 0 aromatic carbocycles. The Morgan fingerprint density at radius 1 is 1.21 bits per heavy atom. The highest BCUT2D eigenvalue weighted by Gasteiger charge is 2.49. The number of aldehydes is 1. The summed E-state index contributed by atoms with van der Waals surface area (Å²) in [4.78, 5) is 34.4. The maximum atomic E-state index is 12.8. The van der Waals surface area contributed by atoms with E-state index in [1.807, 2.05) is 31.7 Å². The van der Waals surface area contributed by atoms with E-state index in [2.05, 4.69) is 53.0 Å². The minimum absolute atomic E-state index is 0.0841. The van der Waals surface area contributed by atoms with Gasteiger partial charge in [0.1, 0.15) is 17.0 Å². The Balaban J connectivity index is 2.02. The van der Waals surface area contributed by atoms with Gasteiger partial charge in [-0.2, -0.15) is 0 Å². The molecule has 0 spiro atoms. The number of hydrogen-bond donors (Lipinski definition) is 0. The summed E-state index contributed by atoms with van der Waals surface area (Å²) in [6, 6.07) is 2.20. The topological polar surface area (TPSA) is 72.0 Å². The first kappa shape index (κ1) is 26.7. The largest absolute Gasteiger partial charge is 0.444 e. The summed E-state index contributed by atoms with van der Waals surface area (Å²) >= 11 is 0. The van der Waals surface area contributed by atoms with Crippen molar-refractivity contribution in [1.82, 2.24) is 9.88 Å². The van der Waals surface area contributed by atoms with Crippen LogP contribution in [0.1, 0.15) is 83.9 Å². The molecule has 1 aromatic heterocycles. The van der Waals surface area contributed by atoms with E-state index >= 15 is 0 Å². The average Bonchev–Trinajstić information content (AvgIpc) is 3.09. The average molecular weight is 490 g/mol. The Morgan fingerprint density at radius 3 is 2.38 bits per heavy atom. The summed E-state index contributed by atoms with van der Waals surface area (Å²) in [5.74, 6) is 1.26. The number of piperazine rings is 1. The molecule has 190 valence electrons. The maximum absolute atomic E-state index is 12.8. The number of hydrogen-bond acceptors (Lipinski definition) is 6. The second-order valence-corrected chi connectivity index (χ2v) is 12.7. The van der Waals surface area contributed by atoms with Gasteiger partial charge in [-0.1, -0.05) is 34.2 Å². The third kappa shape index (κ3) is 4.63. The molecule has 34 heavy (non-hydrogen) atoms. The summed E-state index contributed by atoms with van der Waals surface area (Å²) in [5, 5.41) is 0. The second kappa shape index (κ2) is 9.26. The van der Waals surface area contributed by atoms with Crippen LogP contribution in [-0.4, -0.2) is 62.8 Å². The molecule has 1 saturated heterocycles. The third-order valence-electron chi connectivity index (χ3n) is 7.93. The molecule has 2 aliphatic rings. The lowest BCUT2D eigenvalue weighted by Gasteiger charge is -2.47. The minimum atomic E-state index is -0.773. The van der Waals surface area contributed by atoms with Gasteiger partial charge in [0.05, 0.1) is 11.7 Å². The van der Waals surface area contributed by atoms with Gasteiger partial charge in [0.15, 0.2) is 16.0 Å². The van der Waals surface area contributed by atoms with E-state index in [0.717, 1.165) is 29.8 Å². The summed E-state index contributed by atoms with van der Waals surface area (Å²) in [6.45, 7) is 22.0. The number of nitrogens with zero attached hydrogens (tertiary/aromatic N) is 3. The zero-order chi connectivity index (χ0) is 25.6. The quantitative estimate of drug-likeness (QED) is 0.438. The predicted octanol–water partition coefficient (Wildman–Crippen LogP) is 4.31. The van der Waals surface area contributed by atoms with Crippen molar-refractivity contribution in [2.45, 2.75) is 98.6 Å². The molecule has 0 aliphatic carbocycles. The Kier molecular flexibility index (Phi) is 7.26. The van der Waals surface area contributed by atoms with E-state index in [1.54, 1.807) is 0 Å². The number of ether oxygens (including phenoxy) is 1. The lowest BCUT2D eigenvalue weighted by molar-refractivity contribution is -0.0615. The molecule has 3 heterocycles. The van der Waals surface area contributed by atoms with Crippen molar-refractivity contribution in [1.29, 1.82) is 0 Å². The number of aromatic nitrogens is 1. The molecule has 1 fully saturated rings. The van der Waals surface area contributed by atoms with E-state index < -0.39 is 21.0 Å². The Labute approximate surface area is 207 Å². The van der Waals surface area contributed by atoms with Crippen LogP contribution in [0.3, 0.4) is 0 Å². The van der Waals surface area contributed by atoms with Crippen molar-refractivity contribution in [2.75, 3.05) is 18.0 Å². The van der Waals surface area contributed by atoms with Crippen molar-refractivity contribution >= 4 is 28.0 Å². The molecule has 2 aliphatic heterocycles. The fraction of sp³-hybridized carbons (Fsp3) is 0.731. The summed E-state index contributed by atoms with van der Waals surface area (Å²) in [5.41, 5.74) is 0.973. The van der Waals surface area contributed by atoms with Gasteiger partial charge in [-0.05, 0) is 58.6 Å². The molecule has 0 N–H and O–H groups in total. The van der Waals surface area contributed by atoms with Crippen molar-refractivity contribution in [2.24, 2.45) is 11.3 Å². The summed E-state index contributed by atoms with van der Waals surface area (Å²) < 4.78 is 12.2. The Bertz CT molecular complexity index is 943. The predicted molar refractivity (Wildman–Crippen MR) is 138 cm³/mol. The zero-order valence-corrected chi connectivity index (χ0v) is 24.1. The van der Waals surface area contributed by atoms with Crippen LogP contribution in [0.5, 0.6) is 0 Å². The summed E-state index contributed by atoms with van der Waals surface area (Å²) in [6.07, 6.45) is 1.40. The van der Waals surface area contributed by atoms with Crippen molar-refractivity contribution in [3.63, 3.8) is 0 Å². The number of carbonyl (C=O) groups is 2. The highest BCUT2D eigenvalue weighted by molar-refractivity contribution is 6.25. The van der Waals surface area contributed by atoms with E-state index in [-0.39, 0.29) is 23.6 Å². The van der Waals surface area contributed by atoms with Crippen molar-refractivity contribution in [3.8, 4) is 0 Å². The molecule has 7 nitrogen and oxygen atoms in total. The fourth-order valence-electron chi connectivity index (χ4n) is 5.27. The fourth-order valence-corrected chi connectivity index (χ4v) is 6.35. The van der Waals surface area contributed by atoms with E-state index in [1.165, 1.54) is 0 Å². The number of amides is 1. The van der Waals surface area contributed by atoms with Crippen LogP contribution in [0.2, 0.25) is 6.55 Å². The number of pyridine rings is 1. The zero-order valence-electron chi connectivity index (χ0n) is 22.7. The van der Waals surface area contributed by atoms with E-state index in [4.69, 9.17) is 14.1 Å². The SMILES string of the molecule is C[SiH2]OC(C)(c1nc2c(cc1C=O)C[C@@H]1CN(C(=O)OC(C)(C)C)C[C@@H](C)N21)C(C)(C)C(C)C. The van der Waals surface area contributed by atoms with Gasteiger partial charge in [0, 0.05) is 30.1 Å². The third-order valence-corrected chi connectivity index (χ3v) is 8.79. The standard InChI is InChI=1S/C26H43N3O4Si/c1-16(2)25(7,8)26(9,33-34-10)21-19(15-30)11-18-12-20-14-28(23(31)32-24(4,5)6)13-17(3)29(20)22(18)27-21/h11,15-17,20H,12-14,34H2,1-10H3/t17-,20-,26?/m1/s1. The Morgan fingerprint density at radius 2 is 1.85 bits per heavy atom. The van der Waals surface area contributed by atoms with Gasteiger partial charge >= 0.3 is 6.09 Å². The molecular weight excluding hydrogens is 446 g/mol. The second-order valence-electron chi connectivity index (χ2n) is 11.9. The van der Waals surface area contributed by atoms with Crippen LogP contribution in [-0.2, 0) is 21.2 Å². The van der Waals surface area contributed by atoms with Crippen molar-refractivity contribution < 1.29 is 18.8 Å². The van der Waals surface area contributed by atoms with Crippen LogP contribution in [0.15, 0.2) is 6.07 Å². The number of fused-ring (bicyclic) bond motifs is 3. The summed E-state index contributed by atoms with van der Waals surface area (Å²) in [7, 11) is -0.773. The van der Waals surface area contributed by atoms with Gasteiger partial charge < -0.3 is 19.0 Å². The van der Waals surface area contributed by atoms with Gasteiger partial charge in [-0.25, -0.2) is 9.78 Å². The maximum Gasteiger partial charge on any atom is 0.410 e. The molecule has 8 heteroatoms. The van der Waals surface area contributed by atoms with E-state index in [9.17, 15) is 9.59 Å². The minimum Gasteiger partial charge on any atom is -0.444 e. The first-order valence-electron chi connectivity index (χ1n) is 12.6. The van der Waals surface area contributed by atoms with Gasteiger partial charge in [-0.3, -0.25) is 4.79 Å².